The summed E-state index contributed by atoms with van der Waals surface area (Å²) in [5.74, 6) is 0.891. The third kappa shape index (κ3) is 5.68. The van der Waals surface area contributed by atoms with Gasteiger partial charge in [-0.05, 0) is 35.4 Å². The highest BCUT2D eigenvalue weighted by Crippen LogP contribution is 2.24. The van der Waals surface area contributed by atoms with E-state index in [9.17, 15) is 0 Å². The van der Waals surface area contributed by atoms with Crippen molar-refractivity contribution in [1.82, 2.24) is 15.2 Å². The van der Waals surface area contributed by atoms with Crippen molar-refractivity contribution < 1.29 is 9.47 Å². The third-order valence-corrected chi connectivity index (χ3v) is 4.31. The van der Waals surface area contributed by atoms with E-state index in [0.717, 1.165) is 31.9 Å². The van der Waals surface area contributed by atoms with Gasteiger partial charge in [0.25, 0.3) is 0 Å². The minimum Gasteiger partial charge on any atom is -0.491 e. The Balaban J connectivity index is 0.00000225. The maximum Gasteiger partial charge on any atom is 0.119 e. The molecule has 6 heteroatoms. The van der Waals surface area contributed by atoms with Gasteiger partial charge in [-0.15, -0.1) is 12.4 Å². The molecule has 1 atom stereocenters. The van der Waals surface area contributed by atoms with Gasteiger partial charge >= 0.3 is 0 Å². The van der Waals surface area contributed by atoms with Gasteiger partial charge in [0.1, 0.15) is 12.4 Å². The molecule has 2 aromatic rings. The number of methoxy groups -OCH3 is 1. The van der Waals surface area contributed by atoms with Crippen LogP contribution >= 0.6 is 12.4 Å². The van der Waals surface area contributed by atoms with Crippen molar-refractivity contribution in [2.75, 3.05) is 40.0 Å². The normalized spacial score (nSPS) is 17.7. The average Bonchev–Trinajstić information content (AvgIpc) is 2.65. The van der Waals surface area contributed by atoms with E-state index < -0.39 is 0 Å². The Kier molecular flexibility index (Phi) is 8.15. The molecule has 1 aromatic heterocycles. The zero-order valence-corrected chi connectivity index (χ0v) is 15.4. The van der Waals surface area contributed by atoms with Gasteiger partial charge in [0.05, 0.1) is 6.61 Å². The van der Waals surface area contributed by atoms with Gasteiger partial charge in [-0.25, -0.2) is 0 Å². The summed E-state index contributed by atoms with van der Waals surface area (Å²) in [4.78, 5) is 6.65. The molecule has 1 aliphatic rings. The van der Waals surface area contributed by atoms with Gasteiger partial charge in [0.2, 0.25) is 0 Å². The highest BCUT2D eigenvalue weighted by Gasteiger charge is 2.23. The minimum atomic E-state index is 0. The van der Waals surface area contributed by atoms with E-state index >= 15 is 0 Å². The van der Waals surface area contributed by atoms with Crippen LogP contribution in [0.15, 0.2) is 48.8 Å². The lowest BCUT2D eigenvalue weighted by Crippen LogP contribution is -2.45. The SMILES string of the molecule is COCCOc1ccc(CN2CCNCC2c2ccncc2)cc1.Cl. The lowest BCUT2D eigenvalue weighted by molar-refractivity contribution is 0.146. The Morgan fingerprint density at radius 1 is 1.12 bits per heavy atom. The molecule has 0 aliphatic carbocycles. The summed E-state index contributed by atoms with van der Waals surface area (Å²) in [5.41, 5.74) is 2.62. The second-order valence-corrected chi connectivity index (χ2v) is 5.96. The molecule has 0 bridgehead atoms. The molecule has 1 unspecified atom stereocenters. The molecule has 1 fully saturated rings. The number of aromatic nitrogens is 1. The number of hydrogen-bond acceptors (Lipinski definition) is 5. The van der Waals surface area contributed by atoms with Crippen LogP contribution in [0.2, 0.25) is 0 Å². The van der Waals surface area contributed by atoms with E-state index in [1.54, 1.807) is 7.11 Å². The zero-order valence-electron chi connectivity index (χ0n) is 14.6. The van der Waals surface area contributed by atoms with Crippen molar-refractivity contribution in [2.24, 2.45) is 0 Å². The highest BCUT2D eigenvalue weighted by molar-refractivity contribution is 5.85. The Bertz CT molecular complexity index is 610. The van der Waals surface area contributed by atoms with E-state index in [0.29, 0.717) is 19.3 Å². The van der Waals surface area contributed by atoms with Gasteiger partial charge < -0.3 is 14.8 Å². The topological polar surface area (TPSA) is 46.6 Å². The Hall–Kier alpha value is -1.66. The van der Waals surface area contributed by atoms with Crippen molar-refractivity contribution >= 4 is 12.4 Å². The van der Waals surface area contributed by atoms with Crippen LogP contribution in [0, 0.1) is 0 Å². The lowest BCUT2D eigenvalue weighted by atomic mass is 10.0. The Morgan fingerprint density at radius 3 is 2.60 bits per heavy atom. The van der Waals surface area contributed by atoms with Crippen LogP contribution in [0.5, 0.6) is 5.75 Å². The van der Waals surface area contributed by atoms with Gasteiger partial charge in [0.15, 0.2) is 0 Å². The second-order valence-electron chi connectivity index (χ2n) is 5.96. The molecule has 0 spiro atoms. The Morgan fingerprint density at radius 2 is 1.88 bits per heavy atom. The minimum absolute atomic E-state index is 0. The summed E-state index contributed by atoms with van der Waals surface area (Å²) >= 11 is 0. The molecule has 5 nitrogen and oxygen atoms in total. The number of rotatable bonds is 7. The molecule has 2 heterocycles. The predicted molar refractivity (Wildman–Crippen MR) is 101 cm³/mol. The van der Waals surface area contributed by atoms with E-state index in [1.165, 1.54) is 11.1 Å². The zero-order chi connectivity index (χ0) is 16.6. The number of ether oxygens (including phenoxy) is 2. The van der Waals surface area contributed by atoms with Crippen LogP contribution in [0.3, 0.4) is 0 Å². The molecule has 0 saturated carbocycles. The monoisotopic (exact) mass is 363 g/mol. The summed E-state index contributed by atoms with van der Waals surface area (Å²) in [7, 11) is 1.68. The molecule has 1 saturated heterocycles. The first-order valence-electron chi connectivity index (χ1n) is 8.42. The second kappa shape index (κ2) is 10.4. The third-order valence-electron chi connectivity index (χ3n) is 4.31. The average molecular weight is 364 g/mol. The molecule has 1 N–H and O–H groups in total. The molecule has 25 heavy (non-hydrogen) atoms. The summed E-state index contributed by atoms with van der Waals surface area (Å²) < 4.78 is 10.6. The predicted octanol–water partition coefficient (Wildman–Crippen LogP) is 2.68. The number of hydrogen-bond donors (Lipinski definition) is 1. The van der Waals surface area contributed by atoms with Crippen LogP contribution in [0.4, 0.5) is 0 Å². The number of piperazine rings is 1. The molecular formula is C19H26ClN3O2. The van der Waals surface area contributed by atoms with Crippen molar-refractivity contribution in [3.05, 3.63) is 59.9 Å². The van der Waals surface area contributed by atoms with Crippen molar-refractivity contribution in [3.8, 4) is 5.75 Å². The molecule has 1 aliphatic heterocycles. The van der Waals surface area contributed by atoms with Crippen molar-refractivity contribution in [2.45, 2.75) is 12.6 Å². The van der Waals surface area contributed by atoms with Gasteiger partial charge in [-0.3, -0.25) is 9.88 Å². The maximum absolute atomic E-state index is 5.63. The fourth-order valence-electron chi connectivity index (χ4n) is 3.02. The van der Waals surface area contributed by atoms with Crippen molar-refractivity contribution in [1.29, 1.82) is 0 Å². The van der Waals surface area contributed by atoms with Gasteiger partial charge in [-0.2, -0.15) is 0 Å². The number of halogens is 1. The van der Waals surface area contributed by atoms with Crippen molar-refractivity contribution in [3.63, 3.8) is 0 Å². The highest BCUT2D eigenvalue weighted by atomic mass is 35.5. The number of nitrogens with one attached hydrogen (secondary N) is 1. The standard InChI is InChI=1S/C19H25N3O2.ClH/c1-23-12-13-24-18-4-2-16(3-5-18)15-22-11-10-21-14-19(22)17-6-8-20-9-7-17;/h2-9,19,21H,10-15H2,1H3;1H. The summed E-state index contributed by atoms with van der Waals surface area (Å²) in [5, 5.41) is 3.49. The van der Waals surface area contributed by atoms with E-state index in [-0.39, 0.29) is 12.4 Å². The largest absolute Gasteiger partial charge is 0.491 e. The first-order valence-corrected chi connectivity index (χ1v) is 8.42. The summed E-state index contributed by atoms with van der Waals surface area (Å²) in [6.07, 6.45) is 3.74. The quantitative estimate of drug-likeness (QED) is 0.766. The van der Waals surface area contributed by atoms with Crippen LogP contribution < -0.4 is 10.1 Å². The fourth-order valence-corrected chi connectivity index (χ4v) is 3.02. The molecule has 136 valence electrons. The Labute approximate surface area is 155 Å². The number of benzene rings is 1. The van der Waals surface area contributed by atoms with Gasteiger partial charge in [-0.1, -0.05) is 12.1 Å². The number of pyridine rings is 1. The van der Waals surface area contributed by atoms with E-state index in [1.807, 2.05) is 24.5 Å². The molecular weight excluding hydrogens is 338 g/mol. The van der Waals surface area contributed by atoms with E-state index in [2.05, 4.69) is 39.5 Å². The molecule has 0 amide bonds. The smallest absolute Gasteiger partial charge is 0.119 e. The maximum atomic E-state index is 5.63. The molecule has 1 aromatic carbocycles. The van der Waals surface area contributed by atoms with Crippen LogP contribution in [-0.2, 0) is 11.3 Å². The van der Waals surface area contributed by atoms with Crippen LogP contribution in [0.25, 0.3) is 0 Å². The fraction of sp³-hybridized carbons (Fsp3) is 0.421. The van der Waals surface area contributed by atoms with Crippen LogP contribution in [0.1, 0.15) is 17.2 Å². The summed E-state index contributed by atoms with van der Waals surface area (Å²) in [6.45, 7) is 5.17. The molecule has 3 rings (SSSR count). The van der Waals surface area contributed by atoms with E-state index in [4.69, 9.17) is 9.47 Å². The summed E-state index contributed by atoms with van der Waals surface area (Å²) in [6, 6.07) is 13.0. The first-order chi connectivity index (χ1) is 11.9. The van der Waals surface area contributed by atoms with Gasteiger partial charge in [0, 0.05) is 51.7 Å². The lowest BCUT2D eigenvalue weighted by Gasteiger charge is -2.36. The van der Waals surface area contributed by atoms with Crippen LogP contribution in [-0.4, -0.2) is 49.8 Å². The molecule has 0 radical (unpaired) electrons. The number of nitrogens with zero attached hydrogens (tertiary/aromatic N) is 2. The first kappa shape index (κ1) is 19.7.